The predicted octanol–water partition coefficient (Wildman–Crippen LogP) is 1.80. The van der Waals surface area contributed by atoms with Crippen LogP contribution >= 0.6 is 0 Å². The molecule has 20 heavy (non-hydrogen) atoms. The molecule has 0 spiro atoms. The average molecular weight is 280 g/mol. The van der Waals surface area contributed by atoms with E-state index >= 15 is 0 Å². The number of aromatic nitrogens is 1. The van der Waals surface area contributed by atoms with Crippen molar-refractivity contribution in [3.63, 3.8) is 0 Å². The fourth-order valence-corrected chi connectivity index (χ4v) is 2.21. The van der Waals surface area contributed by atoms with E-state index in [1.165, 1.54) is 0 Å². The van der Waals surface area contributed by atoms with Gasteiger partial charge in [-0.2, -0.15) is 0 Å². The molecule has 1 amide bonds. The number of aryl methyl sites for hydroxylation is 1. The van der Waals surface area contributed by atoms with Crippen molar-refractivity contribution in [2.45, 2.75) is 39.8 Å². The van der Waals surface area contributed by atoms with Crippen molar-refractivity contribution in [3.8, 4) is 0 Å². The first-order valence-electron chi connectivity index (χ1n) is 7.26. The number of carbonyl (C=O) groups is 1. The van der Waals surface area contributed by atoms with Crippen LogP contribution in [0.5, 0.6) is 0 Å². The van der Waals surface area contributed by atoms with E-state index in [-0.39, 0.29) is 11.9 Å². The quantitative estimate of drug-likeness (QED) is 0.800. The number of carbonyl (C=O) groups excluding carboxylic acids is 1. The Labute approximate surface area is 122 Å². The summed E-state index contributed by atoms with van der Waals surface area (Å²) in [5.74, 6) is 0.337. The normalized spacial score (nSPS) is 12.9. The van der Waals surface area contributed by atoms with E-state index in [1.54, 1.807) is 6.07 Å². The second-order valence-electron chi connectivity index (χ2n) is 5.94. The molecule has 0 saturated carbocycles. The fourth-order valence-electron chi connectivity index (χ4n) is 2.21. The summed E-state index contributed by atoms with van der Waals surface area (Å²) < 4.78 is 1.93. The molecule has 1 rings (SSSR count). The highest BCUT2D eigenvalue weighted by Crippen LogP contribution is 2.12. The van der Waals surface area contributed by atoms with Gasteiger partial charge in [0.25, 0.3) is 5.91 Å². The molecule has 0 bridgehead atoms. The number of nitrogens with two attached hydrogens (primary N) is 1. The second kappa shape index (κ2) is 7.33. The molecule has 0 fully saturated rings. The van der Waals surface area contributed by atoms with Crippen LogP contribution in [0.15, 0.2) is 12.3 Å². The smallest absolute Gasteiger partial charge is 0.268 e. The molecule has 1 atom stereocenters. The van der Waals surface area contributed by atoms with Crippen LogP contribution in [0.3, 0.4) is 0 Å². The zero-order valence-corrected chi connectivity index (χ0v) is 13.3. The number of hydrogen-bond donors (Lipinski definition) is 2. The lowest BCUT2D eigenvalue weighted by atomic mass is 10.0. The Kier molecular flexibility index (Phi) is 6.07. The van der Waals surface area contributed by atoms with Gasteiger partial charge in [0, 0.05) is 25.3 Å². The summed E-state index contributed by atoms with van der Waals surface area (Å²) in [5.41, 5.74) is 7.09. The van der Waals surface area contributed by atoms with Crippen LogP contribution in [0, 0.1) is 5.92 Å². The van der Waals surface area contributed by atoms with Crippen molar-refractivity contribution in [3.05, 3.63) is 18.0 Å². The van der Waals surface area contributed by atoms with E-state index in [9.17, 15) is 4.79 Å². The molecule has 114 valence electrons. The summed E-state index contributed by atoms with van der Waals surface area (Å²) >= 11 is 0. The zero-order chi connectivity index (χ0) is 15.3. The average Bonchev–Trinajstić information content (AvgIpc) is 2.69. The summed E-state index contributed by atoms with van der Waals surface area (Å²) in [7, 11) is 4.03. The van der Waals surface area contributed by atoms with Gasteiger partial charge in [-0.25, -0.2) is 0 Å². The Bertz CT molecular complexity index is 437. The monoisotopic (exact) mass is 280 g/mol. The molecule has 1 heterocycles. The first-order valence-corrected chi connectivity index (χ1v) is 7.26. The largest absolute Gasteiger partial charge is 0.397 e. The van der Waals surface area contributed by atoms with Crippen LogP contribution in [0.2, 0.25) is 0 Å². The molecule has 0 aliphatic rings. The second-order valence-corrected chi connectivity index (χ2v) is 5.94. The molecule has 0 saturated heterocycles. The first kappa shape index (κ1) is 16.6. The van der Waals surface area contributed by atoms with Crippen molar-refractivity contribution in [1.82, 2.24) is 14.8 Å². The number of rotatable bonds is 7. The number of nitrogen functional groups attached to an aromatic ring is 1. The Morgan fingerprint density at radius 3 is 2.60 bits per heavy atom. The number of likely N-dealkylation sites (N-methyl/N-ethyl adjacent to an activating group) is 1. The molecule has 5 heteroatoms. The Morgan fingerprint density at radius 1 is 1.45 bits per heavy atom. The fraction of sp³-hybridized carbons (Fsp3) is 0.667. The predicted molar refractivity (Wildman–Crippen MR) is 83.8 cm³/mol. The molecule has 0 aromatic carbocycles. The van der Waals surface area contributed by atoms with Crippen LogP contribution < -0.4 is 11.1 Å². The Balaban J connectivity index is 2.83. The topological polar surface area (TPSA) is 63.3 Å². The van der Waals surface area contributed by atoms with Gasteiger partial charge in [-0.05, 0) is 32.5 Å². The van der Waals surface area contributed by atoms with Gasteiger partial charge in [0.05, 0.1) is 5.69 Å². The summed E-state index contributed by atoms with van der Waals surface area (Å²) in [6.45, 7) is 7.95. The maximum atomic E-state index is 12.4. The van der Waals surface area contributed by atoms with Crippen LogP contribution in [0.1, 0.15) is 37.7 Å². The van der Waals surface area contributed by atoms with Gasteiger partial charge in [0.15, 0.2) is 0 Å². The third-order valence-corrected chi connectivity index (χ3v) is 3.30. The third kappa shape index (κ3) is 4.56. The molecule has 0 aliphatic heterocycles. The standard InChI is InChI=1S/C15H28N4O/c1-6-7-19-9-12(16)8-14(19)15(20)17-13(11(2)3)10-18(4)5/h8-9,11,13H,6-7,10,16H2,1-5H3,(H,17,20). The van der Waals surface area contributed by atoms with Gasteiger partial charge in [-0.1, -0.05) is 20.8 Å². The number of nitrogens with one attached hydrogen (secondary N) is 1. The molecular formula is C15H28N4O. The Hall–Kier alpha value is -1.49. The highest BCUT2D eigenvalue weighted by molar-refractivity contribution is 5.94. The lowest BCUT2D eigenvalue weighted by Crippen LogP contribution is -2.45. The minimum absolute atomic E-state index is 0.0456. The van der Waals surface area contributed by atoms with Crippen LogP contribution in [-0.4, -0.2) is 42.1 Å². The molecule has 0 radical (unpaired) electrons. The maximum Gasteiger partial charge on any atom is 0.268 e. The minimum Gasteiger partial charge on any atom is -0.397 e. The van der Waals surface area contributed by atoms with E-state index in [0.29, 0.717) is 17.3 Å². The van der Waals surface area contributed by atoms with E-state index in [2.05, 4.69) is 31.0 Å². The van der Waals surface area contributed by atoms with Crippen molar-refractivity contribution in [2.75, 3.05) is 26.4 Å². The maximum absolute atomic E-state index is 12.4. The SMILES string of the molecule is CCCn1cc(N)cc1C(=O)NC(CN(C)C)C(C)C. The minimum atomic E-state index is -0.0456. The molecule has 1 unspecified atom stereocenters. The van der Waals surface area contributed by atoms with Crippen LogP contribution in [0.25, 0.3) is 0 Å². The van der Waals surface area contributed by atoms with E-state index in [1.807, 2.05) is 24.9 Å². The number of amides is 1. The van der Waals surface area contributed by atoms with Gasteiger partial charge in [-0.3, -0.25) is 4.79 Å². The van der Waals surface area contributed by atoms with E-state index in [0.717, 1.165) is 19.5 Å². The first-order chi connectivity index (χ1) is 9.35. The van der Waals surface area contributed by atoms with E-state index < -0.39 is 0 Å². The third-order valence-electron chi connectivity index (χ3n) is 3.30. The molecule has 1 aromatic rings. The van der Waals surface area contributed by atoms with Crippen molar-refractivity contribution < 1.29 is 4.79 Å². The van der Waals surface area contributed by atoms with E-state index in [4.69, 9.17) is 5.73 Å². The lowest BCUT2D eigenvalue weighted by molar-refractivity contribution is 0.0907. The molecule has 5 nitrogen and oxygen atoms in total. The highest BCUT2D eigenvalue weighted by atomic mass is 16.2. The van der Waals surface area contributed by atoms with Crippen LogP contribution in [0.4, 0.5) is 5.69 Å². The van der Waals surface area contributed by atoms with Crippen molar-refractivity contribution in [2.24, 2.45) is 5.92 Å². The summed E-state index contributed by atoms with van der Waals surface area (Å²) in [4.78, 5) is 14.5. The van der Waals surface area contributed by atoms with Gasteiger partial charge in [-0.15, -0.1) is 0 Å². The summed E-state index contributed by atoms with van der Waals surface area (Å²) in [6.07, 6.45) is 2.80. The molecule has 0 aliphatic carbocycles. The van der Waals surface area contributed by atoms with Gasteiger partial charge in [0.2, 0.25) is 0 Å². The highest BCUT2D eigenvalue weighted by Gasteiger charge is 2.20. The van der Waals surface area contributed by atoms with Crippen LogP contribution in [-0.2, 0) is 6.54 Å². The van der Waals surface area contributed by atoms with Gasteiger partial charge >= 0.3 is 0 Å². The van der Waals surface area contributed by atoms with Crippen molar-refractivity contribution in [1.29, 1.82) is 0 Å². The number of hydrogen-bond acceptors (Lipinski definition) is 3. The molecule has 3 N–H and O–H groups in total. The van der Waals surface area contributed by atoms with Crippen molar-refractivity contribution >= 4 is 11.6 Å². The zero-order valence-electron chi connectivity index (χ0n) is 13.3. The van der Waals surface area contributed by atoms with Gasteiger partial charge < -0.3 is 20.5 Å². The Morgan fingerprint density at radius 2 is 2.10 bits per heavy atom. The number of anilines is 1. The molecule has 1 aromatic heterocycles. The number of nitrogens with zero attached hydrogens (tertiary/aromatic N) is 2. The lowest BCUT2D eigenvalue weighted by Gasteiger charge is -2.25. The molecular weight excluding hydrogens is 252 g/mol. The summed E-state index contributed by atoms with van der Waals surface area (Å²) in [5, 5.41) is 3.12. The summed E-state index contributed by atoms with van der Waals surface area (Å²) in [6, 6.07) is 1.88. The van der Waals surface area contributed by atoms with Gasteiger partial charge in [0.1, 0.15) is 5.69 Å².